The minimum absolute atomic E-state index is 0.117. The Labute approximate surface area is 226 Å². The summed E-state index contributed by atoms with van der Waals surface area (Å²) in [6.45, 7) is 8.30. The zero-order chi connectivity index (χ0) is 29.4. The van der Waals surface area contributed by atoms with E-state index in [1.807, 2.05) is 0 Å². The predicted molar refractivity (Wildman–Crippen MR) is 140 cm³/mol. The van der Waals surface area contributed by atoms with Gasteiger partial charge in [-0.2, -0.15) is 13.2 Å². The lowest BCUT2D eigenvalue weighted by Gasteiger charge is -2.46. The van der Waals surface area contributed by atoms with E-state index in [4.69, 9.17) is 0 Å². The van der Waals surface area contributed by atoms with Gasteiger partial charge in [-0.3, -0.25) is 9.69 Å². The van der Waals surface area contributed by atoms with Crippen LogP contribution >= 0.6 is 0 Å². The monoisotopic (exact) mass is 569 g/mol. The first-order chi connectivity index (χ1) is 17.9. The second kappa shape index (κ2) is 10.8. The summed E-state index contributed by atoms with van der Waals surface area (Å²) < 4.78 is 70.4. The van der Waals surface area contributed by atoms with E-state index in [0.717, 1.165) is 17.0 Å². The van der Waals surface area contributed by atoms with Crippen molar-refractivity contribution in [1.82, 2.24) is 14.5 Å². The third-order valence-corrected chi connectivity index (χ3v) is 8.31. The van der Waals surface area contributed by atoms with Crippen LogP contribution in [0, 0.1) is 0 Å². The fourth-order valence-corrected chi connectivity index (χ4v) is 6.64. The smallest absolute Gasteiger partial charge is 0.417 e. The zero-order valence-electron chi connectivity index (χ0n) is 22.5. The molecule has 1 fully saturated rings. The molecule has 1 heterocycles. The Balaban J connectivity index is 1.77. The molecule has 12 heteroatoms. The molecule has 0 unspecified atom stereocenters. The van der Waals surface area contributed by atoms with Crippen LogP contribution in [0.15, 0.2) is 53.4 Å². The van der Waals surface area contributed by atoms with E-state index in [2.05, 4.69) is 4.72 Å². The quantitative estimate of drug-likeness (QED) is 0.498. The molecule has 8 nitrogen and oxygen atoms in total. The number of piperidine rings is 1. The number of halogens is 3. The van der Waals surface area contributed by atoms with Crippen molar-refractivity contribution in [2.75, 3.05) is 13.1 Å². The number of alkyl halides is 3. The van der Waals surface area contributed by atoms with Crippen molar-refractivity contribution >= 4 is 22.0 Å². The normalized spacial score (nSPS) is 15.7. The van der Waals surface area contributed by atoms with Gasteiger partial charge in [0.15, 0.2) is 0 Å². The van der Waals surface area contributed by atoms with Crippen molar-refractivity contribution in [3.63, 3.8) is 0 Å². The molecule has 0 aliphatic carbocycles. The predicted octanol–water partition coefficient (Wildman–Crippen LogP) is 5.20. The van der Waals surface area contributed by atoms with Crippen LogP contribution in [-0.4, -0.2) is 65.5 Å². The number of hydrogen-bond donors (Lipinski definition) is 2. The van der Waals surface area contributed by atoms with Crippen LogP contribution in [-0.2, 0) is 21.0 Å². The SMILES string of the molecule is CC(C)(C)N(C(=O)O)C(C)(C)C(=O)N1CCC(NS(=O)(=O)c2ccc(-c3ccccc3)cc2C(F)(F)F)CC1. The van der Waals surface area contributed by atoms with Gasteiger partial charge >= 0.3 is 12.3 Å². The summed E-state index contributed by atoms with van der Waals surface area (Å²) in [6, 6.07) is 10.8. The molecule has 3 rings (SSSR count). The molecule has 1 aliphatic heterocycles. The van der Waals surface area contributed by atoms with Crippen molar-refractivity contribution in [3.8, 4) is 11.1 Å². The highest BCUT2D eigenvalue weighted by atomic mass is 32.2. The topological polar surface area (TPSA) is 107 Å². The maximum absolute atomic E-state index is 13.9. The molecular formula is C27H34F3N3O5S. The molecule has 1 aliphatic rings. The van der Waals surface area contributed by atoms with Gasteiger partial charge < -0.3 is 10.0 Å². The summed E-state index contributed by atoms with van der Waals surface area (Å²) in [7, 11) is -4.54. The second-order valence-corrected chi connectivity index (χ2v) is 12.8. The van der Waals surface area contributed by atoms with Crippen LogP contribution in [0.1, 0.15) is 53.0 Å². The maximum Gasteiger partial charge on any atom is 0.417 e. The number of carbonyl (C=O) groups is 2. The van der Waals surface area contributed by atoms with E-state index >= 15 is 0 Å². The lowest BCUT2D eigenvalue weighted by molar-refractivity contribution is -0.145. The Morgan fingerprint density at radius 3 is 2.00 bits per heavy atom. The Morgan fingerprint density at radius 1 is 0.949 bits per heavy atom. The zero-order valence-corrected chi connectivity index (χ0v) is 23.4. The Morgan fingerprint density at radius 2 is 1.51 bits per heavy atom. The van der Waals surface area contributed by atoms with E-state index in [0.29, 0.717) is 5.56 Å². The summed E-state index contributed by atoms with van der Waals surface area (Å²) in [5.74, 6) is -0.433. The molecule has 1 saturated heterocycles. The molecule has 0 spiro atoms. The summed E-state index contributed by atoms with van der Waals surface area (Å²) in [4.78, 5) is 26.9. The molecule has 39 heavy (non-hydrogen) atoms. The molecule has 0 aromatic heterocycles. The van der Waals surface area contributed by atoms with Crippen molar-refractivity contribution in [3.05, 3.63) is 54.1 Å². The first-order valence-electron chi connectivity index (χ1n) is 12.5. The minimum Gasteiger partial charge on any atom is -0.465 e. The second-order valence-electron chi connectivity index (χ2n) is 11.1. The molecule has 2 aromatic carbocycles. The third-order valence-electron chi connectivity index (χ3n) is 6.73. The van der Waals surface area contributed by atoms with Crippen molar-refractivity contribution in [2.24, 2.45) is 0 Å². The molecule has 2 aromatic rings. The first-order valence-corrected chi connectivity index (χ1v) is 14.0. The molecule has 0 bridgehead atoms. The summed E-state index contributed by atoms with van der Waals surface area (Å²) in [5, 5.41) is 9.73. The van der Waals surface area contributed by atoms with Crippen LogP contribution in [0.4, 0.5) is 18.0 Å². The first kappa shape index (κ1) is 30.4. The van der Waals surface area contributed by atoms with E-state index in [1.165, 1.54) is 24.8 Å². The summed E-state index contributed by atoms with van der Waals surface area (Å²) in [5.41, 5.74) is -2.75. The number of hydrogen-bond acceptors (Lipinski definition) is 4. The van der Waals surface area contributed by atoms with Crippen LogP contribution < -0.4 is 4.72 Å². The number of carboxylic acid groups (broad SMARTS) is 1. The molecule has 214 valence electrons. The largest absolute Gasteiger partial charge is 0.465 e. The number of nitrogens with zero attached hydrogens (tertiary/aromatic N) is 2. The number of amides is 2. The lowest BCUT2D eigenvalue weighted by Crippen LogP contribution is -2.64. The van der Waals surface area contributed by atoms with Crippen molar-refractivity contribution < 1.29 is 36.3 Å². The maximum atomic E-state index is 13.9. The van der Waals surface area contributed by atoms with Crippen LogP contribution in [0.3, 0.4) is 0 Å². The van der Waals surface area contributed by atoms with E-state index in [-0.39, 0.29) is 31.5 Å². The van der Waals surface area contributed by atoms with E-state index < -0.39 is 55.8 Å². The van der Waals surface area contributed by atoms with Gasteiger partial charge in [0.1, 0.15) is 5.54 Å². The van der Waals surface area contributed by atoms with Gasteiger partial charge in [-0.05, 0) is 70.7 Å². The highest BCUT2D eigenvalue weighted by Crippen LogP contribution is 2.37. The van der Waals surface area contributed by atoms with E-state index in [1.54, 1.807) is 51.1 Å². The minimum atomic E-state index is -4.90. The Kier molecular flexibility index (Phi) is 8.43. The number of benzene rings is 2. The number of nitrogens with one attached hydrogen (secondary N) is 1. The average molecular weight is 570 g/mol. The van der Waals surface area contributed by atoms with Gasteiger partial charge in [0.05, 0.1) is 10.5 Å². The van der Waals surface area contributed by atoms with Gasteiger partial charge in [-0.1, -0.05) is 36.4 Å². The van der Waals surface area contributed by atoms with Crippen molar-refractivity contribution in [1.29, 1.82) is 0 Å². The van der Waals surface area contributed by atoms with Crippen LogP contribution in [0.25, 0.3) is 11.1 Å². The van der Waals surface area contributed by atoms with Gasteiger partial charge in [0, 0.05) is 24.7 Å². The highest BCUT2D eigenvalue weighted by Gasteiger charge is 2.46. The Hall–Kier alpha value is -3.12. The molecule has 2 N–H and O–H groups in total. The van der Waals surface area contributed by atoms with Gasteiger partial charge in [0.25, 0.3) is 0 Å². The lowest BCUT2D eigenvalue weighted by atomic mass is 9.92. The van der Waals surface area contributed by atoms with E-state index in [9.17, 15) is 36.3 Å². The molecule has 0 atom stereocenters. The number of sulfonamides is 1. The highest BCUT2D eigenvalue weighted by molar-refractivity contribution is 7.89. The molecular weight excluding hydrogens is 535 g/mol. The average Bonchev–Trinajstić information content (AvgIpc) is 2.82. The summed E-state index contributed by atoms with van der Waals surface area (Å²) >= 11 is 0. The summed E-state index contributed by atoms with van der Waals surface area (Å²) in [6.07, 6.45) is -5.83. The molecule has 2 amide bonds. The van der Waals surface area contributed by atoms with Gasteiger partial charge in [-0.15, -0.1) is 0 Å². The van der Waals surface area contributed by atoms with Gasteiger partial charge in [-0.25, -0.2) is 17.9 Å². The number of carbonyl (C=O) groups excluding carboxylic acids is 1. The Bertz CT molecular complexity index is 1310. The number of likely N-dealkylation sites (tertiary alicyclic amines) is 1. The fraction of sp³-hybridized carbons (Fsp3) is 0.481. The van der Waals surface area contributed by atoms with Gasteiger partial charge in [0.2, 0.25) is 15.9 Å². The molecule has 0 radical (unpaired) electrons. The fourth-order valence-electron chi connectivity index (χ4n) is 5.13. The van der Waals surface area contributed by atoms with Crippen LogP contribution in [0.2, 0.25) is 0 Å². The standard InChI is InChI=1S/C27H34F3N3O5S/c1-25(2,3)33(24(35)36)26(4,5)23(34)32-15-13-20(14-16-32)31-39(37,38)22-12-11-19(17-21(22)27(28,29)30)18-9-7-6-8-10-18/h6-12,17,20,31H,13-16H2,1-5H3,(H,35,36). The molecule has 0 saturated carbocycles. The van der Waals surface area contributed by atoms with Crippen LogP contribution in [0.5, 0.6) is 0 Å². The third kappa shape index (κ3) is 6.73. The van der Waals surface area contributed by atoms with Crippen molar-refractivity contribution in [2.45, 2.75) is 75.7 Å². The number of rotatable bonds is 6.